The molecule has 3 nitrogen and oxygen atoms in total. The monoisotopic (exact) mass is 264 g/mol. The van der Waals surface area contributed by atoms with Crippen LogP contribution in [0.5, 0.6) is 0 Å². The van der Waals surface area contributed by atoms with Crippen molar-refractivity contribution < 1.29 is 14.6 Å². The lowest BCUT2D eigenvalue weighted by Gasteiger charge is -2.33. The minimum absolute atomic E-state index is 0.0561. The largest absolute Gasteiger partial charge is 0.390 e. The number of aliphatic hydroxyl groups is 1. The van der Waals surface area contributed by atoms with Crippen molar-refractivity contribution in [2.24, 2.45) is 0 Å². The zero-order chi connectivity index (χ0) is 13.5. The zero-order valence-corrected chi connectivity index (χ0v) is 11.6. The summed E-state index contributed by atoms with van der Waals surface area (Å²) in [5.74, 6) is 0.502. The van der Waals surface area contributed by atoms with E-state index in [9.17, 15) is 5.11 Å². The highest BCUT2D eigenvalue weighted by Gasteiger charge is 2.30. The number of benzene rings is 1. The predicted octanol–water partition coefficient (Wildman–Crippen LogP) is 2.74. The third-order valence-corrected chi connectivity index (χ3v) is 3.79. The summed E-state index contributed by atoms with van der Waals surface area (Å²) in [6, 6.07) is 10.5. The number of ether oxygens (including phenoxy) is 2. The van der Waals surface area contributed by atoms with Gasteiger partial charge in [0.15, 0.2) is 0 Å². The SMILES string of the molecule is CCOCCOC1CC(c2ccccc2)CCC1O. The van der Waals surface area contributed by atoms with Gasteiger partial charge in [-0.3, -0.25) is 0 Å². The van der Waals surface area contributed by atoms with Crippen LogP contribution >= 0.6 is 0 Å². The predicted molar refractivity (Wildman–Crippen MR) is 75.3 cm³/mol. The number of aliphatic hydroxyl groups excluding tert-OH is 1. The fourth-order valence-electron chi connectivity index (χ4n) is 2.72. The molecule has 1 saturated carbocycles. The number of hydrogen-bond donors (Lipinski definition) is 1. The van der Waals surface area contributed by atoms with Gasteiger partial charge in [-0.1, -0.05) is 30.3 Å². The molecule has 0 radical (unpaired) electrons. The summed E-state index contributed by atoms with van der Waals surface area (Å²) < 4.78 is 11.0. The van der Waals surface area contributed by atoms with E-state index < -0.39 is 0 Å². The van der Waals surface area contributed by atoms with E-state index >= 15 is 0 Å². The molecular weight excluding hydrogens is 240 g/mol. The van der Waals surface area contributed by atoms with Crippen molar-refractivity contribution in [3.8, 4) is 0 Å². The summed E-state index contributed by atoms with van der Waals surface area (Å²) in [6.45, 7) is 3.86. The first kappa shape index (κ1) is 14.5. The molecule has 0 heterocycles. The molecule has 1 aliphatic rings. The van der Waals surface area contributed by atoms with Gasteiger partial charge < -0.3 is 14.6 Å². The Morgan fingerprint density at radius 1 is 1.16 bits per heavy atom. The lowest BCUT2D eigenvalue weighted by Crippen LogP contribution is -2.36. The molecule has 3 heteroatoms. The van der Waals surface area contributed by atoms with Crippen LogP contribution < -0.4 is 0 Å². The number of rotatable bonds is 6. The standard InChI is InChI=1S/C16H24O3/c1-2-18-10-11-19-16-12-14(8-9-15(16)17)13-6-4-3-5-7-13/h3-7,14-17H,2,8-12H2,1H3. The van der Waals surface area contributed by atoms with E-state index in [0.717, 1.165) is 19.3 Å². The van der Waals surface area contributed by atoms with Gasteiger partial charge in [0.2, 0.25) is 0 Å². The van der Waals surface area contributed by atoms with Crippen molar-refractivity contribution in [1.29, 1.82) is 0 Å². The van der Waals surface area contributed by atoms with Crippen molar-refractivity contribution >= 4 is 0 Å². The molecular formula is C16H24O3. The van der Waals surface area contributed by atoms with E-state index in [0.29, 0.717) is 25.7 Å². The lowest BCUT2D eigenvalue weighted by atomic mass is 9.81. The first-order valence-electron chi connectivity index (χ1n) is 7.23. The van der Waals surface area contributed by atoms with Gasteiger partial charge in [-0.15, -0.1) is 0 Å². The van der Waals surface area contributed by atoms with Crippen LogP contribution in [0.1, 0.15) is 37.7 Å². The molecule has 1 aliphatic carbocycles. The quantitative estimate of drug-likeness (QED) is 0.803. The van der Waals surface area contributed by atoms with Crippen LogP contribution in [0.25, 0.3) is 0 Å². The maximum absolute atomic E-state index is 10.0. The van der Waals surface area contributed by atoms with E-state index in [-0.39, 0.29) is 12.2 Å². The Hall–Kier alpha value is -0.900. The summed E-state index contributed by atoms with van der Waals surface area (Å²) in [4.78, 5) is 0. The molecule has 3 unspecified atom stereocenters. The maximum atomic E-state index is 10.0. The van der Waals surface area contributed by atoms with Crippen molar-refractivity contribution in [3.63, 3.8) is 0 Å². The summed E-state index contributed by atoms with van der Waals surface area (Å²) in [7, 11) is 0. The normalized spacial score (nSPS) is 27.4. The van der Waals surface area contributed by atoms with Crippen LogP contribution in [0.2, 0.25) is 0 Å². The Balaban J connectivity index is 1.85. The highest BCUT2D eigenvalue weighted by atomic mass is 16.5. The van der Waals surface area contributed by atoms with E-state index in [2.05, 4.69) is 24.3 Å². The molecule has 0 amide bonds. The molecule has 0 spiro atoms. The molecule has 2 rings (SSSR count). The Morgan fingerprint density at radius 3 is 2.68 bits per heavy atom. The molecule has 0 aliphatic heterocycles. The second-order valence-corrected chi connectivity index (χ2v) is 5.09. The third kappa shape index (κ3) is 4.30. The average molecular weight is 264 g/mol. The highest BCUT2D eigenvalue weighted by Crippen LogP contribution is 2.34. The molecule has 0 aromatic heterocycles. The maximum Gasteiger partial charge on any atom is 0.0840 e. The Bertz CT molecular complexity index is 352. The van der Waals surface area contributed by atoms with Crippen molar-refractivity contribution in [2.75, 3.05) is 19.8 Å². The second-order valence-electron chi connectivity index (χ2n) is 5.09. The van der Waals surface area contributed by atoms with Gasteiger partial charge in [-0.05, 0) is 37.7 Å². The first-order valence-corrected chi connectivity index (χ1v) is 7.23. The Labute approximate surface area is 115 Å². The summed E-state index contributed by atoms with van der Waals surface area (Å²) in [5, 5.41) is 10.0. The molecule has 0 saturated heterocycles. The van der Waals surface area contributed by atoms with Crippen LogP contribution in [-0.2, 0) is 9.47 Å². The highest BCUT2D eigenvalue weighted by molar-refractivity contribution is 5.20. The van der Waals surface area contributed by atoms with Crippen LogP contribution in [-0.4, -0.2) is 37.1 Å². The van der Waals surface area contributed by atoms with Crippen molar-refractivity contribution in [1.82, 2.24) is 0 Å². The van der Waals surface area contributed by atoms with Crippen molar-refractivity contribution in [3.05, 3.63) is 35.9 Å². The van der Waals surface area contributed by atoms with Crippen LogP contribution in [0.4, 0.5) is 0 Å². The van der Waals surface area contributed by atoms with Crippen LogP contribution in [0, 0.1) is 0 Å². The minimum Gasteiger partial charge on any atom is -0.390 e. The molecule has 1 aromatic carbocycles. The Kier molecular flexibility index (Phi) is 5.83. The average Bonchev–Trinajstić information content (AvgIpc) is 2.46. The summed E-state index contributed by atoms with van der Waals surface area (Å²) in [6.07, 6.45) is 2.37. The van der Waals surface area contributed by atoms with E-state index in [1.54, 1.807) is 0 Å². The number of hydrogen-bond acceptors (Lipinski definition) is 3. The van der Waals surface area contributed by atoms with Gasteiger partial charge in [-0.25, -0.2) is 0 Å². The smallest absolute Gasteiger partial charge is 0.0840 e. The molecule has 1 N–H and O–H groups in total. The summed E-state index contributed by atoms with van der Waals surface area (Å²) in [5.41, 5.74) is 1.35. The van der Waals surface area contributed by atoms with Gasteiger partial charge in [0.1, 0.15) is 0 Å². The molecule has 19 heavy (non-hydrogen) atoms. The van der Waals surface area contributed by atoms with E-state index in [1.807, 2.05) is 13.0 Å². The second kappa shape index (κ2) is 7.63. The third-order valence-electron chi connectivity index (χ3n) is 3.79. The zero-order valence-electron chi connectivity index (χ0n) is 11.6. The van der Waals surface area contributed by atoms with Crippen molar-refractivity contribution in [2.45, 2.75) is 44.3 Å². The minimum atomic E-state index is -0.332. The lowest BCUT2D eigenvalue weighted by molar-refractivity contribution is -0.0767. The van der Waals surface area contributed by atoms with E-state index in [1.165, 1.54) is 5.56 Å². The van der Waals surface area contributed by atoms with Gasteiger partial charge >= 0.3 is 0 Å². The molecule has 0 bridgehead atoms. The molecule has 1 aromatic rings. The topological polar surface area (TPSA) is 38.7 Å². The molecule has 3 atom stereocenters. The van der Waals surface area contributed by atoms with Gasteiger partial charge in [-0.2, -0.15) is 0 Å². The van der Waals surface area contributed by atoms with Gasteiger partial charge in [0, 0.05) is 6.61 Å². The fourth-order valence-corrected chi connectivity index (χ4v) is 2.72. The molecule has 1 fully saturated rings. The van der Waals surface area contributed by atoms with Crippen LogP contribution in [0.15, 0.2) is 30.3 Å². The summed E-state index contributed by atoms with van der Waals surface area (Å²) >= 11 is 0. The first-order chi connectivity index (χ1) is 9.31. The Morgan fingerprint density at radius 2 is 1.95 bits per heavy atom. The fraction of sp³-hybridized carbons (Fsp3) is 0.625. The van der Waals surface area contributed by atoms with E-state index in [4.69, 9.17) is 9.47 Å². The van der Waals surface area contributed by atoms with Gasteiger partial charge in [0.25, 0.3) is 0 Å². The molecule has 106 valence electrons. The van der Waals surface area contributed by atoms with Crippen LogP contribution in [0.3, 0.4) is 0 Å². The van der Waals surface area contributed by atoms with Gasteiger partial charge in [0.05, 0.1) is 25.4 Å².